The molecule has 11 heteroatoms. The van der Waals surface area contributed by atoms with Crippen LogP contribution in [0.3, 0.4) is 0 Å². The number of nitrogens with two attached hydrogens (primary N) is 7. The lowest BCUT2D eigenvalue weighted by Gasteiger charge is -2.13. The molecule has 0 amide bonds. The van der Waals surface area contributed by atoms with E-state index in [4.69, 9.17) is 45.5 Å². The molecule has 0 aromatic heterocycles. The van der Waals surface area contributed by atoms with Crippen molar-refractivity contribution in [1.82, 2.24) is 0 Å². The number of aryl methyl sites for hydroxylation is 1. The molecule has 0 heterocycles. The molecule has 3 aromatic rings. The SMILES string of the molecule is N=C(N)CCCc1cc(CCN=C(N)N)cc(-c2cccc(-c3cc(CCN=C(N)N)cc(CCN=C(N)N)c3)c2)c1. The fourth-order valence-corrected chi connectivity index (χ4v) is 4.74. The first-order valence-electron chi connectivity index (χ1n) is 13.9. The molecule has 222 valence electrons. The maximum atomic E-state index is 7.56. The minimum atomic E-state index is 0.0769. The highest BCUT2D eigenvalue weighted by molar-refractivity contribution is 5.78. The number of hydrogen-bond donors (Lipinski definition) is 8. The average Bonchev–Trinajstić information content (AvgIpc) is 2.92. The summed E-state index contributed by atoms with van der Waals surface area (Å²) >= 11 is 0. The van der Waals surface area contributed by atoms with E-state index in [0.29, 0.717) is 45.3 Å². The molecule has 0 atom stereocenters. The Balaban J connectivity index is 1.98. The zero-order valence-electron chi connectivity index (χ0n) is 24.0. The van der Waals surface area contributed by atoms with Crippen LogP contribution in [0.4, 0.5) is 0 Å². The van der Waals surface area contributed by atoms with Gasteiger partial charge in [0.2, 0.25) is 0 Å². The summed E-state index contributed by atoms with van der Waals surface area (Å²) in [7, 11) is 0. The summed E-state index contributed by atoms with van der Waals surface area (Å²) in [6, 6.07) is 21.5. The molecule has 11 nitrogen and oxygen atoms in total. The second-order valence-electron chi connectivity index (χ2n) is 10.2. The van der Waals surface area contributed by atoms with E-state index in [0.717, 1.165) is 51.8 Å². The number of benzene rings is 3. The molecule has 0 bridgehead atoms. The maximum absolute atomic E-state index is 7.56. The maximum Gasteiger partial charge on any atom is 0.185 e. The third kappa shape index (κ3) is 10.8. The zero-order valence-corrected chi connectivity index (χ0v) is 24.0. The summed E-state index contributed by atoms with van der Waals surface area (Å²) in [6.45, 7) is 1.50. The molecule has 0 radical (unpaired) electrons. The van der Waals surface area contributed by atoms with Gasteiger partial charge >= 0.3 is 0 Å². The van der Waals surface area contributed by atoms with E-state index in [1.807, 2.05) is 0 Å². The number of guanidine groups is 3. The van der Waals surface area contributed by atoms with Crippen molar-refractivity contribution in [2.75, 3.05) is 19.6 Å². The second kappa shape index (κ2) is 15.7. The van der Waals surface area contributed by atoms with Crippen LogP contribution in [-0.2, 0) is 25.7 Å². The lowest BCUT2D eigenvalue weighted by atomic mass is 9.92. The smallest absolute Gasteiger partial charge is 0.185 e. The van der Waals surface area contributed by atoms with Crippen LogP contribution in [0.15, 0.2) is 75.6 Å². The lowest BCUT2D eigenvalue weighted by molar-refractivity contribution is 0.853. The summed E-state index contributed by atoms with van der Waals surface area (Å²) in [4.78, 5) is 12.4. The van der Waals surface area contributed by atoms with Crippen molar-refractivity contribution in [1.29, 1.82) is 5.41 Å². The van der Waals surface area contributed by atoms with Gasteiger partial charge in [-0.2, -0.15) is 0 Å². The van der Waals surface area contributed by atoms with E-state index in [9.17, 15) is 0 Å². The predicted octanol–water partition coefficient (Wildman–Crippen LogP) is 1.73. The largest absolute Gasteiger partial charge is 0.388 e. The van der Waals surface area contributed by atoms with Crippen LogP contribution in [0, 0.1) is 5.41 Å². The Morgan fingerprint density at radius 3 is 1.24 bits per heavy atom. The van der Waals surface area contributed by atoms with Gasteiger partial charge in [0.15, 0.2) is 17.9 Å². The second-order valence-corrected chi connectivity index (χ2v) is 10.2. The fraction of sp³-hybridized carbons (Fsp3) is 0.290. The molecule has 0 saturated carbocycles. The first kappa shape index (κ1) is 31.5. The van der Waals surface area contributed by atoms with E-state index < -0.39 is 0 Å². The van der Waals surface area contributed by atoms with Crippen molar-refractivity contribution >= 4 is 23.7 Å². The van der Waals surface area contributed by atoms with Crippen LogP contribution in [0.1, 0.15) is 35.1 Å². The standard InChI is InChI=1S/C31H43N11/c32-28(33)6-1-3-20-13-21(7-10-40-29(34)35)16-26(15-20)24-4-2-5-25(19-24)27-17-22(8-11-41-30(36)37)14-23(18-27)9-12-42-31(38)39/h2,4-5,13-19H,1,3,6-12H2,(H3,32,33)(H4,34,35,40)(H4,36,37,41)(H4,38,39,42). The van der Waals surface area contributed by atoms with Crippen LogP contribution in [0.5, 0.6) is 0 Å². The molecule has 0 aliphatic carbocycles. The number of nitrogens with one attached hydrogen (secondary N) is 1. The van der Waals surface area contributed by atoms with Gasteiger partial charge in [-0.3, -0.25) is 20.4 Å². The summed E-state index contributed by atoms with van der Waals surface area (Å²) < 4.78 is 0. The highest BCUT2D eigenvalue weighted by Gasteiger charge is 2.09. The van der Waals surface area contributed by atoms with Crippen molar-refractivity contribution in [2.24, 2.45) is 55.1 Å². The molecule has 15 N–H and O–H groups in total. The van der Waals surface area contributed by atoms with E-state index in [-0.39, 0.29) is 23.7 Å². The van der Waals surface area contributed by atoms with Gasteiger partial charge in [-0.05, 0) is 82.7 Å². The number of amidine groups is 1. The number of hydrogen-bond acceptors (Lipinski definition) is 4. The molecule has 0 aliphatic rings. The summed E-state index contributed by atoms with van der Waals surface area (Å²) in [5.74, 6) is 0.435. The van der Waals surface area contributed by atoms with Gasteiger partial charge in [0.25, 0.3) is 0 Å². The normalized spacial score (nSPS) is 10.6. The molecule has 42 heavy (non-hydrogen) atoms. The third-order valence-corrected chi connectivity index (χ3v) is 6.63. The highest BCUT2D eigenvalue weighted by Crippen LogP contribution is 2.30. The van der Waals surface area contributed by atoms with Crippen LogP contribution >= 0.6 is 0 Å². The number of aliphatic imine (C=N–C) groups is 3. The third-order valence-electron chi connectivity index (χ3n) is 6.63. The Labute approximate surface area is 247 Å². The molecule has 0 aliphatic heterocycles. The molecule has 3 rings (SSSR count). The summed E-state index contributed by atoms with van der Waals surface area (Å²) in [5, 5.41) is 7.56. The number of nitrogens with zero attached hydrogens (tertiary/aromatic N) is 3. The van der Waals surface area contributed by atoms with Crippen molar-refractivity contribution in [3.63, 3.8) is 0 Å². The highest BCUT2D eigenvalue weighted by atomic mass is 15.0. The van der Waals surface area contributed by atoms with Gasteiger partial charge in [0.1, 0.15) is 0 Å². The minimum Gasteiger partial charge on any atom is -0.388 e. The predicted molar refractivity (Wildman–Crippen MR) is 175 cm³/mol. The van der Waals surface area contributed by atoms with E-state index in [1.165, 1.54) is 5.56 Å². The van der Waals surface area contributed by atoms with Crippen LogP contribution in [-0.4, -0.2) is 43.3 Å². The number of rotatable bonds is 15. The lowest BCUT2D eigenvalue weighted by Crippen LogP contribution is -2.23. The van der Waals surface area contributed by atoms with Gasteiger partial charge in [0.05, 0.1) is 5.84 Å². The zero-order chi connectivity index (χ0) is 30.5. The van der Waals surface area contributed by atoms with Gasteiger partial charge in [-0.1, -0.05) is 54.6 Å². The van der Waals surface area contributed by atoms with Crippen LogP contribution in [0.25, 0.3) is 22.3 Å². The first-order chi connectivity index (χ1) is 20.1. The van der Waals surface area contributed by atoms with Gasteiger partial charge < -0.3 is 40.1 Å². The Kier molecular flexibility index (Phi) is 11.7. The topological polar surface area (TPSA) is 243 Å². The Hall–Kier alpha value is -5.06. The Bertz CT molecular complexity index is 1400. The van der Waals surface area contributed by atoms with Gasteiger partial charge in [0, 0.05) is 26.1 Å². The molecule has 0 fully saturated rings. The minimum absolute atomic E-state index is 0.0769. The van der Waals surface area contributed by atoms with Crippen LogP contribution < -0.4 is 40.1 Å². The van der Waals surface area contributed by atoms with Gasteiger partial charge in [-0.15, -0.1) is 0 Å². The van der Waals surface area contributed by atoms with E-state index in [2.05, 4.69) is 75.6 Å². The van der Waals surface area contributed by atoms with Crippen molar-refractivity contribution in [3.8, 4) is 22.3 Å². The van der Waals surface area contributed by atoms with Crippen molar-refractivity contribution in [2.45, 2.75) is 38.5 Å². The molecular weight excluding hydrogens is 526 g/mol. The average molecular weight is 570 g/mol. The van der Waals surface area contributed by atoms with Gasteiger partial charge in [-0.25, -0.2) is 0 Å². The molecule has 0 saturated heterocycles. The fourth-order valence-electron chi connectivity index (χ4n) is 4.74. The van der Waals surface area contributed by atoms with E-state index in [1.54, 1.807) is 0 Å². The first-order valence-corrected chi connectivity index (χ1v) is 13.9. The Morgan fingerprint density at radius 1 is 0.500 bits per heavy atom. The molecule has 3 aromatic carbocycles. The summed E-state index contributed by atoms with van der Waals surface area (Å²) in [5.41, 5.74) is 47.7. The monoisotopic (exact) mass is 569 g/mol. The molecule has 0 spiro atoms. The molecule has 0 unspecified atom stereocenters. The quantitative estimate of drug-likeness (QED) is 0.0993. The van der Waals surface area contributed by atoms with E-state index >= 15 is 0 Å². The van der Waals surface area contributed by atoms with Crippen molar-refractivity contribution < 1.29 is 0 Å². The van der Waals surface area contributed by atoms with Crippen molar-refractivity contribution in [3.05, 3.63) is 82.9 Å². The Morgan fingerprint density at radius 2 is 0.881 bits per heavy atom. The summed E-state index contributed by atoms with van der Waals surface area (Å²) in [6.07, 6.45) is 4.29. The van der Waals surface area contributed by atoms with Crippen LogP contribution in [0.2, 0.25) is 0 Å². The molecular formula is C31H43N11.